The van der Waals surface area contributed by atoms with E-state index < -0.39 is 11.8 Å². The molecule has 0 bridgehead atoms. The number of halogens is 1. The van der Waals surface area contributed by atoms with E-state index in [0.717, 1.165) is 5.56 Å². The maximum absolute atomic E-state index is 12.8. The van der Waals surface area contributed by atoms with E-state index in [1.54, 1.807) is 61.5 Å². The van der Waals surface area contributed by atoms with Crippen molar-refractivity contribution >= 4 is 29.4 Å². The smallest absolute Gasteiger partial charge is 0.342 e. The highest BCUT2D eigenvalue weighted by Gasteiger charge is 2.22. The third-order valence-electron chi connectivity index (χ3n) is 3.82. The van der Waals surface area contributed by atoms with Gasteiger partial charge in [0, 0.05) is 16.1 Å². The van der Waals surface area contributed by atoms with Gasteiger partial charge in [-0.2, -0.15) is 0 Å². The number of ketones is 1. The fraction of sp³-hybridized carbons (Fsp3) is 0.0909. The first-order chi connectivity index (χ1) is 13.1. The second kappa shape index (κ2) is 8.52. The number of carbonyl (C=O) groups is 2. The molecule has 0 atom stereocenters. The maximum Gasteiger partial charge on any atom is 0.342 e. The zero-order valence-electron chi connectivity index (χ0n) is 14.6. The van der Waals surface area contributed by atoms with Crippen LogP contribution in [0.2, 0.25) is 5.02 Å². The predicted octanol–water partition coefficient (Wildman–Crippen LogP) is 5.43. The molecular formula is C22H17ClO4. The molecule has 2 aromatic carbocycles. The Morgan fingerprint density at radius 1 is 1.00 bits per heavy atom. The lowest BCUT2D eigenvalue weighted by molar-refractivity contribution is -0.137. The number of Topliss-reactive ketones (excluding diaryl/α,β-unsaturated/α-hetero) is 1. The molecule has 136 valence electrons. The van der Waals surface area contributed by atoms with E-state index in [9.17, 15) is 9.59 Å². The van der Waals surface area contributed by atoms with Crippen molar-refractivity contribution in [2.45, 2.75) is 6.92 Å². The minimum absolute atomic E-state index is 0.0833. The highest BCUT2D eigenvalue weighted by atomic mass is 35.5. The summed E-state index contributed by atoms with van der Waals surface area (Å²) in [6.45, 7) is 1.86. The molecule has 0 aliphatic carbocycles. The number of carbonyl (C=O) groups excluding carboxylic acids is 2. The molecule has 1 heterocycles. The van der Waals surface area contributed by atoms with Crippen molar-refractivity contribution in [2.24, 2.45) is 0 Å². The molecule has 0 amide bonds. The third-order valence-corrected chi connectivity index (χ3v) is 4.07. The molecule has 0 radical (unpaired) electrons. The van der Waals surface area contributed by atoms with E-state index in [0.29, 0.717) is 22.1 Å². The lowest BCUT2D eigenvalue weighted by Gasteiger charge is -2.06. The lowest BCUT2D eigenvalue weighted by Crippen LogP contribution is -2.16. The minimum atomic E-state index is -0.684. The Labute approximate surface area is 162 Å². The first kappa shape index (κ1) is 18.7. The summed E-state index contributed by atoms with van der Waals surface area (Å²) in [7, 11) is 0. The molecule has 0 saturated heterocycles. The van der Waals surface area contributed by atoms with Gasteiger partial charge in [0.1, 0.15) is 17.1 Å². The molecular weight excluding hydrogens is 364 g/mol. The topological polar surface area (TPSA) is 56.5 Å². The highest BCUT2D eigenvalue weighted by Crippen LogP contribution is 2.25. The molecule has 0 saturated carbocycles. The molecule has 0 aliphatic rings. The molecule has 3 aromatic rings. The summed E-state index contributed by atoms with van der Waals surface area (Å²) >= 11 is 5.90. The van der Waals surface area contributed by atoms with Gasteiger partial charge in [-0.1, -0.05) is 41.9 Å². The molecule has 27 heavy (non-hydrogen) atoms. The maximum atomic E-state index is 12.8. The average Bonchev–Trinajstić information content (AvgIpc) is 3.15. The van der Waals surface area contributed by atoms with Gasteiger partial charge in [0.15, 0.2) is 5.78 Å². The van der Waals surface area contributed by atoms with Gasteiger partial charge in [-0.25, -0.2) is 4.79 Å². The van der Waals surface area contributed by atoms with E-state index >= 15 is 0 Å². The molecule has 0 unspecified atom stereocenters. The Hall–Kier alpha value is -3.11. The van der Waals surface area contributed by atoms with Gasteiger partial charge in [0.05, 0.1) is 6.61 Å². The fourth-order valence-corrected chi connectivity index (χ4v) is 2.64. The van der Waals surface area contributed by atoms with Crippen LogP contribution in [0.1, 0.15) is 23.0 Å². The summed E-state index contributed by atoms with van der Waals surface area (Å²) in [5.41, 5.74) is 1.16. The van der Waals surface area contributed by atoms with Crippen LogP contribution in [0, 0.1) is 0 Å². The van der Waals surface area contributed by atoms with Crippen LogP contribution in [0.3, 0.4) is 0 Å². The summed E-state index contributed by atoms with van der Waals surface area (Å²) in [6, 6.07) is 19.2. The Morgan fingerprint density at radius 3 is 2.37 bits per heavy atom. The lowest BCUT2D eigenvalue weighted by atomic mass is 10.0. The number of benzene rings is 2. The summed E-state index contributed by atoms with van der Waals surface area (Å²) in [4.78, 5) is 25.1. The zero-order chi connectivity index (χ0) is 19.2. The highest BCUT2D eigenvalue weighted by molar-refractivity contribution is 6.30. The van der Waals surface area contributed by atoms with Gasteiger partial charge < -0.3 is 9.15 Å². The largest absolute Gasteiger partial charge is 0.462 e. The predicted molar refractivity (Wildman–Crippen MR) is 105 cm³/mol. The molecule has 0 fully saturated rings. The van der Waals surface area contributed by atoms with Crippen LogP contribution in [-0.4, -0.2) is 18.4 Å². The summed E-state index contributed by atoms with van der Waals surface area (Å²) < 4.78 is 10.8. The Kier molecular flexibility index (Phi) is 5.89. The number of rotatable bonds is 6. The van der Waals surface area contributed by atoms with Crippen LogP contribution in [0.4, 0.5) is 0 Å². The molecule has 5 heteroatoms. The van der Waals surface area contributed by atoms with Crippen molar-refractivity contribution in [3.05, 3.63) is 88.6 Å². The molecule has 0 N–H and O–H groups in total. The van der Waals surface area contributed by atoms with Crippen LogP contribution < -0.4 is 0 Å². The van der Waals surface area contributed by atoms with Crippen LogP contribution in [0.5, 0.6) is 0 Å². The minimum Gasteiger partial charge on any atom is -0.462 e. The quantitative estimate of drug-likeness (QED) is 0.188. The van der Waals surface area contributed by atoms with Crippen molar-refractivity contribution in [1.82, 2.24) is 0 Å². The molecule has 1 aromatic heterocycles. The van der Waals surface area contributed by atoms with E-state index in [1.807, 2.05) is 12.1 Å². The van der Waals surface area contributed by atoms with Crippen LogP contribution in [0.15, 0.2) is 76.7 Å². The van der Waals surface area contributed by atoms with Gasteiger partial charge in [-0.3, -0.25) is 4.79 Å². The monoisotopic (exact) mass is 380 g/mol. The van der Waals surface area contributed by atoms with E-state index in [2.05, 4.69) is 0 Å². The summed E-state index contributed by atoms with van der Waals surface area (Å²) in [5.74, 6) is -0.116. The molecule has 0 aliphatic heterocycles. The molecule has 0 spiro atoms. The number of esters is 1. The fourth-order valence-electron chi connectivity index (χ4n) is 2.51. The van der Waals surface area contributed by atoms with Crippen molar-refractivity contribution in [3.63, 3.8) is 0 Å². The SMILES string of the molecule is CCOC(=O)C(=Cc1ccc(-c2ccc(Cl)cc2)o1)C(=O)c1ccccc1. The number of ether oxygens (including phenoxy) is 1. The van der Waals surface area contributed by atoms with E-state index in [4.69, 9.17) is 20.8 Å². The standard InChI is InChI=1S/C22H17ClO4/c1-2-26-22(25)19(21(24)16-6-4-3-5-7-16)14-18-12-13-20(27-18)15-8-10-17(23)11-9-15/h3-14H,2H2,1H3. The van der Waals surface area contributed by atoms with Gasteiger partial charge in [-0.15, -0.1) is 0 Å². The Morgan fingerprint density at radius 2 is 1.70 bits per heavy atom. The summed E-state index contributed by atoms with van der Waals surface area (Å²) in [5, 5.41) is 0.628. The van der Waals surface area contributed by atoms with Gasteiger partial charge >= 0.3 is 5.97 Å². The number of hydrogen-bond acceptors (Lipinski definition) is 4. The van der Waals surface area contributed by atoms with E-state index in [1.165, 1.54) is 6.08 Å². The van der Waals surface area contributed by atoms with Crippen LogP contribution in [0.25, 0.3) is 17.4 Å². The molecule has 3 rings (SSSR count). The van der Waals surface area contributed by atoms with Crippen molar-refractivity contribution in [3.8, 4) is 11.3 Å². The number of furan rings is 1. The Bertz CT molecular complexity index is 969. The second-order valence-electron chi connectivity index (χ2n) is 5.68. The second-order valence-corrected chi connectivity index (χ2v) is 6.12. The van der Waals surface area contributed by atoms with Crippen molar-refractivity contribution < 1.29 is 18.7 Å². The first-order valence-electron chi connectivity index (χ1n) is 8.43. The number of hydrogen-bond donors (Lipinski definition) is 0. The molecule has 4 nitrogen and oxygen atoms in total. The van der Waals surface area contributed by atoms with Gasteiger partial charge in [0.2, 0.25) is 0 Å². The van der Waals surface area contributed by atoms with Crippen LogP contribution >= 0.6 is 11.6 Å². The van der Waals surface area contributed by atoms with Crippen LogP contribution in [-0.2, 0) is 9.53 Å². The third kappa shape index (κ3) is 4.54. The van der Waals surface area contributed by atoms with Crippen molar-refractivity contribution in [2.75, 3.05) is 6.61 Å². The van der Waals surface area contributed by atoms with Crippen molar-refractivity contribution in [1.29, 1.82) is 0 Å². The zero-order valence-corrected chi connectivity index (χ0v) is 15.4. The summed E-state index contributed by atoms with van der Waals surface area (Å²) in [6.07, 6.45) is 1.41. The normalized spacial score (nSPS) is 11.3. The van der Waals surface area contributed by atoms with Gasteiger partial charge in [-0.05, 0) is 49.4 Å². The Balaban J connectivity index is 1.95. The first-order valence-corrected chi connectivity index (χ1v) is 8.80. The van der Waals surface area contributed by atoms with E-state index in [-0.39, 0.29) is 12.2 Å². The van der Waals surface area contributed by atoms with Gasteiger partial charge in [0.25, 0.3) is 0 Å². The average molecular weight is 381 g/mol.